The first-order chi connectivity index (χ1) is 19.5. The Balaban J connectivity index is 1.39. The van der Waals surface area contributed by atoms with Crippen LogP contribution < -0.4 is 0 Å². The van der Waals surface area contributed by atoms with E-state index < -0.39 is 0 Å². The lowest BCUT2D eigenvalue weighted by Crippen LogP contribution is -2.34. The number of halogens is 2. The summed E-state index contributed by atoms with van der Waals surface area (Å²) in [7, 11) is 0. The molecule has 1 aliphatic heterocycles. The van der Waals surface area contributed by atoms with Crippen LogP contribution >= 0.6 is 0 Å². The Bertz CT molecular complexity index is 1590. The average molecular weight is 539 g/mol. The largest absolute Gasteiger partial charge is 0.318 e. The number of unbranched alkanes of at least 4 members (excludes halogenated alkanes) is 1. The number of nitrogens with zero attached hydrogens (tertiary/aromatic N) is 4. The molecule has 2 heterocycles. The fraction of sp³-hybridized carbons (Fsp3) is 0.303. The third-order valence-electron chi connectivity index (χ3n) is 7.96. The number of fused-ring (bicyclic) bond motifs is 2. The van der Waals surface area contributed by atoms with Crippen molar-refractivity contribution in [1.29, 1.82) is 0 Å². The second-order valence-electron chi connectivity index (χ2n) is 10.6. The number of para-hydroxylation sites is 2. The summed E-state index contributed by atoms with van der Waals surface area (Å²) in [5.74, 6) is 0.176. The molecule has 1 aromatic heterocycles. The normalized spacial score (nSPS) is 19.7. The molecule has 0 radical (unpaired) electrons. The summed E-state index contributed by atoms with van der Waals surface area (Å²) < 4.78 is 29.4. The van der Waals surface area contributed by atoms with E-state index in [1.807, 2.05) is 34.9 Å². The van der Waals surface area contributed by atoms with Gasteiger partial charge < -0.3 is 4.57 Å². The molecule has 2 aliphatic rings. The molecule has 1 amide bonds. The summed E-state index contributed by atoms with van der Waals surface area (Å²) in [6.45, 7) is 2.27. The van der Waals surface area contributed by atoms with Gasteiger partial charge in [0.25, 0.3) is 5.91 Å². The highest BCUT2D eigenvalue weighted by molar-refractivity contribution is 6.08. The number of allylic oxidation sites excluding steroid dienone is 1. The van der Waals surface area contributed by atoms with E-state index in [2.05, 4.69) is 6.92 Å². The summed E-state index contributed by atoms with van der Waals surface area (Å²) in [6, 6.07) is 20.4. The first-order valence-electron chi connectivity index (χ1n) is 14.1. The number of carbonyl (C=O) groups is 1. The predicted molar refractivity (Wildman–Crippen MR) is 153 cm³/mol. The van der Waals surface area contributed by atoms with Gasteiger partial charge in [-0.1, -0.05) is 49.7 Å². The van der Waals surface area contributed by atoms with Crippen LogP contribution in [0.5, 0.6) is 0 Å². The van der Waals surface area contributed by atoms with Crippen LogP contribution in [-0.4, -0.2) is 26.2 Å². The van der Waals surface area contributed by atoms with E-state index in [-0.39, 0.29) is 36.0 Å². The van der Waals surface area contributed by atoms with Gasteiger partial charge in [-0.2, -0.15) is 5.10 Å². The molecule has 0 saturated heterocycles. The zero-order valence-corrected chi connectivity index (χ0v) is 22.6. The summed E-state index contributed by atoms with van der Waals surface area (Å²) in [5.41, 5.74) is 5.52. The Hall–Kier alpha value is -4.13. The number of carbonyl (C=O) groups excluding carboxylic acids is 1. The number of aromatic nitrogens is 2. The van der Waals surface area contributed by atoms with Gasteiger partial charge in [0.15, 0.2) is 0 Å². The minimum atomic E-state index is -0.325. The zero-order chi connectivity index (χ0) is 27.6. The van der Waals surface area contributed by atoms with Crippen LogP contribution in [-0.2, 0) is 17.8 Å². The number of aryl methyl sites for hydroxylation is 1. The van der Waals surface area contributed by atoms with Crippen molar-refractivity contribution < 1.29 is 13.6 Å². The SMILES string of the molecule is CCCCc1nc2ccccc2n1CC(=O)N1N=C2/C(=C/c3ccc(F)cc3)CCC[C@@H]2[C@@H]1c1ccc(F)cc1. The molecule has 5 nitrogen and oxygen atoms in total. The molecule has 204 valence electrons. The second kappa shape index (κ2) is 11.2. The van der Waals surface area contributed by atoms with Crippen molar-refractivity contribution in [3.8, 4) is 0 Å². The first-order valence-corrected chi connectivity index (χ1v) is 14.1. The first kappa shape index (κ1) is 26.1. The minimum Gasteiger partial charge on any atom is -0.318 e. The van der Waals surface area contributed by atoms with Crippen LogP contribution in [0.4, 0.5) is 8.78 Å². The summed E-state index contributed by atoms with van der Waals surface area (Å²) in [5, 5.41) is 6.59. The number of hydrogen-bond acceptors (Lipinski definition) is 3. The third kappa shape index (κ3) is 5.08. The molecular formula is C33H32F2N4O. The average Bonchev–Trinajstić information content (AvgIpc) is 3.53. The number of amides is 1. The predicted octanol–water partition coefficient (Wildman–Crippen LogP) is 7.48. The van der Waals surface area contributed by atoms with Crippen molar-refractivity contribution in [2.24, 2.45) is 11.0 Å². The molecule has 4 aromatic rings. The highest BCUT2D eigenvalue weighted by Gasteiger charge is 2.43. The second-order valence-corrected chi connectivity index (χ2v) is 10.6. The van der Waals surface area contributed by atoms with E-state index in [0.717, 1.165) is 77.8 Å². The fourth-order valence-corrected chi connectivity index (χ4v) is 6.00. The van der Waals surface area contributed by atoms with Crippen molar-refractivity contribution in [3.63, 3.8) is 0 Å². The van der Waals surface area contributed by atoms with E-state index in [9.17, 15) is 13.6 Å². The van der Waals surface area contributed by atoms with Gasteiger partial charge in [-0.25, -0.2) is 18.8 Å². The molecule has 1 saturated carbocycles. The molecular weight excluding hydrogens is 506 g/mol. The molecule has 3 aromatic carbocycles. The number of hydrazone groups is 1. The van der Waals surface area contributed by atoms with Gasteiger partial charge in [0.1, 0.15) is 24.0 Å². The van der Waals surface area contributed by atoms with Gasteiger partial charge in [0, 0.05) is 12.3 Å². The lowest BCUT2D eigenvalue weighted by atomic mass is 9.77. The summed E-state index contributed by atoms with van der Waals surface area (Å²) >= 11 is 0. The third-order valence-corrected chi connectivity index (χ3v) is 7.96. The Labute approximate surface area is 232 Å². The van der Waals surface area contributed by atoms with Crippen molar-refractivity contribution in [2.75, 3.05) is 0 Å². The minimum absolute atomic E-state index is 0.00560. The number of benzene rings is 3. The van der Waals surface area contributed by atoms with Gasteiger partial charge in [-0.15, -0.1) is 0 Å². The van der Waals surface area contributed by atoms with E-state index in [4.69, 9.17) is 10.1 Å². The monoisotopic (exact) mass is 538 g/mol. The topological polar surface area (TPSA) is 50.5 Å². The summed E-state index contributed by atoms with van der Waals surface area (Å²) in [4.78, 5) is 18.9. The van der Waals surface area contributed by atoms with Gasteiger partial charge >= 0.3 is 0 Å². The molecule has 1 aliphatic carbocycles. The number of hydrogen-bond donors (Lipinski definition) is 0. The van der Waals surface area contributed by atoms with Crippen LogP contribution in [0.15, 0.2) is 83.5 Å². The van der Waals surface area contributed by atoms with Crippen molar-refractivity contribution in [1.82, 2.24) is 14.6 Å². The lowest BCUT2D eigenvalue weighted by Gasteiger charge is -2.30. The lowest BCUT2D eigenvalue weighted by molar-refractivity contribution is -0.134. The van der Waals surface area contributed by atoms with Crippen molar-refractivity contribution >= 4 is 28.7 Å². The van der Waals surface area contributed by atoms with Gasteiger partial charge in [0.05, 0.1) is 22.8 Å². The maximum atomic E-state index is 14.1. The van der Waals surface area contributed by atoms with Crippen LogP contribution in [0.2, 0.25) is 0 Å². The highest BCUT2D eigenvalue weighted by Crippen LogP contribution is 2.44. The van der Waals surface area contributed by atoms with Crippen LogP contribution in [0.1, 0.15) is 62.0 Å². The standard InChI is InChI=1S/C33H32F2N4O/c1-2-3-11-30-36-28-9-4-5-10-29(28)38(30)21-31(40)39-33(23-14-18-26(35)19-15-23)27-8-6-7-24(32(27)37-39)20-22-12-16-25(34)17-13-22/h4-5,9-10,12-20,27,33H,2-3,6-8,11,21H2,1H3/b24-20+/t27-,33-/m0/s1. The molecule has 0 bridgehead atoms. The maximum Gasteiger partial charge on any atom is 0.263 e. The zero-order valence-electron chi connectivity index (χ0n) is 22.6. The van der Waals surface area contributed by atoms with Crippen LogP contribution in [0.25, 0.3) is 17.1 Å². The van der Waals surface area contributed by atoms with Crippen LogP contribution in [0.3, 0.4) is 0 Å². The number of rotatable bonds is 7. The van der Waals surface area contributed by atoms with Crippen molar-refractivity contribution in [3.05, 3.63) is 107 Å². The Morgan fingerprint density at radius 1 is 1.00 bits per heavy atom. The van der Waals surface area contributed by atoms with E-state index in [1.165, 1.54) is 24.3 Å². The Kier molecular flexibility index (Phi) is 7.29. The molecule has 0 spiro atoms. The van der Waals surface area contributed by atoms with Crippen LogP contribution in [0, 0.1) is 17.6 Å². The van der Waals surface area contributed by atoms with E-state index in [0.29, 0.717) is 0 Å². The molecule has 2 atom stereocenters. The van der Waals surface area contributed by atoms with Gasteiger partial charge in [-0.3, -0.25) is 4.79 Å². The molecule has 40 heavy (non-hydrogen) atoms. The molecule has 1 fully saturated rings. The molecule has 0 N–H and O–H groups in total. The quantitative estimate of drug-likeness (QED) is 0.245. The molecule has 7 heteroatoms. The van der Waals surface area contributed by atoms with Gasteiger partial charge in [-0.05, 0) is 84.9 Å². The molecule has 6 rings (SSSR count). The molecule has 0 unspecified atom stereocenters. The smallest absolute Gasteiger partial charge is 0.263 e. The fourth-order valence-electron chi connectivity index (χ4n) is 6.00. The Morgan fingerprint density at radius 3 is 2.48 bits per heavy atom. The van der Waals surface area contributed by atoms with E-state index >= 15 is 0 Å². The van der Waals surface area contributed by atoms with E-state index in [1.54, 1.807) is 29.3 Å². The Morgan fingerprint density at radius 2 is 1.73 bits per heavy atom. The van der Waals surface area contributed by atoms with Gasteiger partial charge in [0.2, 0.25) is 0 Å². The maximum absolute atomic E-state index is 14.1. The van der Waals surface area contributed by atoms with Crippen molar-refractivity contribution in [2.45, 2.75) is 58.0 Å². The highest BCUT2D eigenvalue weighted by atomic mass is 19.1. The summed E-state index contributed by atoms with van der Waals surface area (Å²) in [6.07, 6.45) is 7.52. The number of imidazole rings is 1.